The van der Waals surface area contributed by atoms with Crippen molar-refractivity contribution in [1.29, 1.82) is 0 Å². The zero-order valence-electron chi connectivity index (χ0n) is 12.4. The van der Waals surface area contributed by atoms with Gasteiger partial charge in [0.15, 0.2) is 0 Å². The number of carbonyl (C=O) groups excluding carboxylic acids is 2. The summed E-state index contributed by atoms with van der Waals surface area (Å²) in [5.74, 6) is -0.559. The maximum atomic E-state index is 12.5. The fourth-order valence-electron chi connectivity index (χ4n) is 2.24. The second-order valence-electron chi connectivity index (χ2n) is 4.80. The topological polar surface area (TPSA) is 62.4 Å². The van der Waals surface area contributed by atoms with Gasteiger partial charge in [-0.15, -0.1) is 0 Å². The summed E-state index contributed by atoms with van der Waals surface area (Å²) in [6, 6.07) is 9.51. The molecule has 0 atom stereocenters. The molecule has 0 radical (unpaired) electrons. The molecular formula is C16H20N2O3. The monoisotopic (exact) mass is 288 g/mol. The van der Waals surface area contributed by atoms with Gasteiger partial charge in [0.05, 0.1) is 6.61 Å². The Hall–Kier alpha value is -2.30. The van der Waals surface area contributed by atoms with Crippen molar-refractivity contribution in [2.45, 2.75) is 20.3 Å². The van der Waals surface area contributed by atoms with Gasteiger partial charge in [0.1, 0.15) is 12.2 Å². The highest BCUT2D eigenvalue weighted by molar-refractivity contribution is 5.99. The largest absolute Gasteiger partial charge is 0.465 e. The molecule has 2 aromatic rings. The number of fused-ring (bicyclic) bond motifs is 1. The molecule has 0 spiro atoms. The van der Waals surface area contributed by atoms with Crippen molar-refractivity contribution in [2.24, 2.45) is 0 Å². The van der Waals surface area contributed by atoms with E-state index in [-0.39, 0.29) is 18.4 Å². The highest BCUT2D eigenvalue weighted by Gasteiger charge is 2.20. The number of aromatic nitrogens is 1. The van der Waals surface area contributed by atoms with Crippen molar-refractivity contribution in [1.82, 2.24) is 9.88 Å². The van der Waals surface area contributed by atoms with Crippen LogP contribution in [-0.2, 0) is 9.53 Å². The number of aromatic amines is 1. The van der Waals surface area contributed by atoms with Crippen LogP contribution in [0.5, 0.6) is 0 Å². The smallest absolute Gasteiger partial charge is 0.325 e. The third-order valence-electron chi connectivity index (χ3n) is 3.17. The Morgan fingerprint density at radius 3 is 2.67 bits per heavy atom. The normalized spacial score (nSPS) is 10.6. The number of benzene rings is 1. The summed E-state index contributed by atoms with van der Waals surface area (Å²) in [5, 5.41) is 0.980. The number of nitrogens with zero attached hydrogens (tertiary/aromatic N) is 1. The Kier molecular flexibility index (Phi) is 4.98. The van der Waals surface area contributed by atoms with E-state index < -0.39 is 0 Å². The molecule has 1 amide bonds. The van der Waals surface area contributed by atoms with E-state index in [1.807, 2.05) is 37.3 Å². The molecule has 0 bridgehead atoms. The van der Waals surface area contributed by atoms with E-state index in [4.69, 9.17) is 4.74 Å². The third-order valence-corrected chi connectivity index (χ3v) is 3.17. The second kappa shape index (κ2) is 6.92. The summed E-state index contributed by atoms with van der Waals surface area (Å²) in [6.45, 7) is 4.54. The Bertz CT molecular complexity index is 600. The molecule has 0 fully saturated rings. The summed E-state index contributed by atoms with van der Waals surface area (Å²) >= 11 is 0. The highest BCUT2D eigenvalue weighted by atomic mass is 16.5. The number of esters is 1. The summed E-state index contributed by atoms with van der Waals surface area (Å²) in [6.07, 6.45) is 0.783. The molecule has 21 heavy (non-hydrogen) atoms. The van der Waals surface area contributed by atoms with Gasteiger partial charge >= 0.3 is 5.97 Å². The number of nitrogens with one attached hydrogen (secondary N) is 1. The fraction of sp³-hybridized carbons (Fsp3) is 0.375. The van der Waals surface area contributed by atoms with Crippen molar-refractivity contribution >= 4 is 22.8 Å². The van der Waals surface area contributed by atoms with Crippen LogP contribution < -0.4 is 0 Å². The quantitative estimate of drug-likeness (QED) is 0.831. The minimum Gasteiger partial charge on any atom is -0.465 e. The number of ether oxygens (including phenoxy) is 1. The van der Waals surface area contributed by atoms with Crippen molar-refractivity contribution in [3.05, 3.63) is 36.0 Å². The van der Waals surface area contributed by atoms with Gasteiger partial charge in [0.25, 0.3) is 5.91 Å². The number of amides is 1. The van der Waals surface area contributed by atoms with Gasteiger partial charge in [-0.05, 0) is 25.5 Å². The predicted molar refractivity (Wildman–Crippen MR) is 81.1 cm³/mol. The fourth-order valence-corrected chi connectivity index (χ4v) is 2.24. The van der Waals surface area contributed by atoms with E-state index in [0.29, 0.717) is 18.8 Å². The van der Waals surface area contributed by atoms with Crippen molar-refractivity contribution < 1.29 is 14.3 Å². The van der Waals surface area contributed by atoms with E-state index in [1.165, 1.54) is 4.90 Å². The summed E-state index contributed by atoms with van der Waals surface area (Å²) < 4.78 is 4.92. The number of rotatable bonds is 6. The molecule has 0 saturated heterocycles. The zero-order chi connectivity index (χ0) is 15.2. The molecule has 0 aliphatic carbocycles. The number of hydrogen-bond acceptors (Lipinski definition) is 3. The number of hydrogen-bond donors (Lipinski definition) is 1. The van der Waals surface area contributed by atoms with Crippen LogP contribution in [0, 0.1) is 0 Å². The number of para-hydroxylation sites is 1. The van der Waals surface area contributed by atoms with Gasteiger partial charge in [0, 0.05) is 17.4 Å². The molecule has 0 aliphatic rings. The first-order valence-electron chi connectivity index (χ1n) is 7.18. The molecule has 1 aromatic heterocycles. The lowest BCUT2D eigenvalue weighted by molar-refractivity contribution is -0.143. The average Bonchev–Trinajstić information content (AvgIpc) is 2.90. The molecule has 0 aliphatic heterocycles. The molecule has 0 saturated carbocycles. The van der Waals surface area contributed by atoms with Crippen LogP contribution in [0.4, 0.5) is 0 Å². The maximum absolute atomic E-state index is 12.5. The van der Waals surface area contributed by atoms with Crippen molar-refractivity contribution in [2.75, 3.05) is 19.7 Å². The molecule has 1 heterocycles. The first-order valence-corrected chi connectivity index (χ1v) is 7.18. The number of H-pyrrole nitrogens is 1. The number of carbonyl (C=O) groups is 2. The third kappa shape index (κ3) is 3.62. The first-order chi connectivity index (χ1) is 10.2. The van der Waals surface area contributed by atoms with E-state index in [2.05, 4.69) is 4.98 Å². The maximum Gasteiger partial charge on any atom is 0.325 e. The first kappa shape index (κ1) is 15.1. The highest BCUT2D eigenvalue weighted by Crippen LogP contribution is 2.16. The summed E-state index contributed by atoms with van der Waals surface area (Å²) in [7, 11) is 0. The SMILES string of the molecule is CCCN(CC(=O)OCC)C(=O)c1cc2ccccc2[nH]1. The van der Waals surface area contributed by atoms with Gasteiger partial charge in [-0.1, -0.05) is 25.1 Å². The lowest BCUT2D eigenvalue weighted by Crippen LogP contribution is -2.37. The van der Waals surface area contributed by atoms with Crippen LogP contribution in [0.3, 0.4) is 0 Å². The molecule has 2 rings (SSSR count). The Morgan fingerprint density at radius 2 is 2.00 bits per heavy atom. The van der Waals surface area contributed by atoms with Crippen LogP contribution in [0.1, 0.15) is 30.8 Å². The van der Waals surface area contributed by atoms with Crippen molar-refractivity contribution in [3.8, 4) is 0 Å². The standard InChI is InChI=1S/C16H20N2O3/c1-3-9-18(11-15(19)21-4-2)16(20)14-10-12-7-5-6-8-13(12)17-14/h5-8,10,17H,3-4,9,11H2,1-2H3. The van der Waals surface area contributed by atoms with E-state index >= 15 is 0 Å². The summed E-state index contributed by atoms with van der Waals surface area (Å²) in [4.78, 5) is 28.8. The molecule has 5 heteroatoms. The van der Waals surface area contributed by atoms with Crippen LogP contribution >= 0.6 is 0 Å². The predicted octanol–water partition coefficient (Wildman–Crippen LogP) is 2.58. The van der Waals surface area contributed by atoms with Crippen LogP contribution in [0.2, 0.25) is 0 Å². The molecule has 1 N–H and O–H groups in total. The van der Waals surface area contributed by atoms with Crippen LogP contribution in [-0.4, -0.2) is 41.5 Å². The van der Waals surface area contributed by atoms with Crippen LogP contribution in [0.25, 0.3) is 10.9 Å². The molecular weight excluding hydrogens is 268 g/mol. The van der Waals surface area contributed by atoms with Gasteiger partial charge in [-0.3, -0.25) is 9.59 Å². The summed E-state index contributed by atoms with van der Waals surface area (Å²) in [5.41, 5.74) is 1.40. The molecule has 112 valence electrons. The Balaban J connectivity index is 2.18. The van der Waals surface area contributed by atoms with Gasteiger partial charge in [0.2, 0.25) is 0 Å². The van der Waals surface area contributed by atoms with Crippen LogP contribution in [0.15, 0.2) is 30.3 Å². The lowest BCUT2D eigenvalue weighted by Gasteiger charge is -2.20. The lowest BCUT2D eigenvalue weighted by atomic mass is 10.2. The Labute approximate surface area is 123 Å². The molecule has 5 nitrogen and oxygen atoms in total. The van der Waals surface area contributed by atoms with E-state index in [9.17, 15) is 9.59 Å². The Morgan fingerprint density at radius 1 is 1.24 bits per heavy atom. The second-order valence-corrected chi connectivity index (χ2v) is 4.80. The van der Waals surface area contributed by atoms with E-state index in [1.54, 1.807) is 6.92 Å². The zero-order valence-corrected chi connectivity index (χ0v) is 12.4. The average molecular weight is 288 g/mol. The van der Waals surface area contributed by atoms with Gasteiger partial charge in [-0.2, -0.15) is 0 Å². The molecule has 1 aromatic carbocycles. The minimum atomic E-state index is -0.379. The minimum absolute atomic E-state index is 0.0180. The van der Waals surface area contributed by atoms with Crippen molar-refractivity contribution in [3.63, 3.8) is 0 Å². The van der Waals surface area contributed by atoms with Gasteiger partial charge in [-0.25, -0.2) is 0 Å². The van der Waals surface area contributed by atoms with E-state index in [0.717, 1.165) is 17.3 Å². The molecule has 0 unspecified atom stereocenters. The van der Waals surface area contributed by atoms with Gasteiger partial charge < -0.3 is 14.6 Å².